The summed E-state index contributed by atoms with van der Waals surface area (Å²) in [5, 5.41) is 4.41. The van der Waals surface area contributed by atoms with Gasteiger partial charge in [0.15, 0.2) is 0 Å². The zero-order valence-electron chi connectivity index (χ0n) is 16.8. The number of rotatable bonds is 6. The van der Waals surface area contributed by atoms with Gasteiger partial charge in [-0.05, 0) is 98.9 Å². The Kier molecular flexibility index (Phi) is 4.71. The molecule has 4 heteroatoms. The van der Waals surface area contributed by atoms with Crippen molar-refractivity contribution in [1.29, 1.82) is 0 Å². The first-order valence-corrected chi connectivity index (χ1v) is 11.1. The van der Waals surface area contributed by atoms with E-state index in [0.29, 0.717) is 22.2 Å². The molecule has 4 fully saturated rings. The molecule has 1 atom stereocenters. The molecule has 150 valence electrons. The summed E-state index contributed by atoms with van der Waals surface area (Å²) in [6.07, 6.45) is 8.79. The molecule has 1 aromatic carbocycles. The summed E-state index contributed by atoms with van der Waals surface area (Å²) in [5.74, 6) is 5.49. The van der Waals surface area contributed by atoms with Crippen molar-refractivity contribution < 1.29 is 9.15 Å². The minimum absolute atomic E-state index is 0.522. The van der Waals surface area contributed by atoms with E-state index in [-0.39, 0.29) is 0 Å². The lowest BCUT2D eigenvalue weighted by Gasteiger charge is -2.59. The van der Waals surface area contributed by atoms with E-state index in [4.69, 9.17) is 20.8 Å². The van der Waals surface area contributed by atoms with Crippen molar-refractivity contribution in [2.24, 2.45) is 23.2 Å². The number of ether oxygens (including phenoxy) is 1. The molecule has 6 rings (SSSR count). The van der Waals surface area contributed by atoms with Crippen molar-refractivity contribution in [1.82, 2.24) is 5.32 Å². The van der Waals surface area contributed by atoms with E-state index < -0.39 is 0 Å². The van der Waals surface area contributed by atoms with E-state index in [9.17, 15) is 0 Å². The summed E-state index contributed by atoms with van der Waals surface area (Å²) >= 11 is 6.26. The van der Waals surface area contributed by atoms with Crippen molar-refractivity contribution in [3.05, 3.63) is 41.1 Å². The third-order valence-electron chi connectivity index (χ3n) is 7.68. The maximum Gasteiger partial charge on any atom is 0.137 e. The Morgan fingerprint density at radius 1 is 1.11 bits per heavy atom. The Bertz CT molecular complexity index is 823. The molecule has 0 saturated heterocycles. The molecule has 0 amide bonds. The first kappa shape index (κ1) is 18.6. The van der Waals surface area contributed by atoms with Crippen LogP contribution in [0.3, 0.4) is 0 Å². The number of hydrogen-bond donors (Lipinski definition) is 1. The number of halogens is 1. The van der Waals surface area contributed by atoms with Gasteiger partial charge in [-0.1, -0.05) is 11.6 Å². The smallest absolute Gasteiger partial charge is 0.137 e. The molecular weight excluding hydrogens is 370 g/mol. The summed E-state index contributed by atoms with van der Waals surface area (Å²) in [6.45, 7) is 3.19. The van der Waals surface area contributed by atoms with Crippen LogP contribution >= 0.6 is 11.6 Å². The van der Waals surface area contributed by atoms with E-state index in [1.807, 2.05) is 24.3 Å². The van der Waals surface area contributed by atoms with Gasteiger partial charge in [0.1, 0.15) is 17.3 Å². The second kappa shape index (κ2) is 7.11. The molecule has 2 aromatic rings. The number of benzene rings is 1. The Hall–Kier alpha value is -1.45. The van der Waals surface area contributed by atoms with Crippen LogP contribution in [-0.2, 0) is 6.54 Å². The van der Waals surface area contributed by atoms with Gasteiger partial charge in [-0.15, -0.1) is 0 Å². The second-order valence-electron chi connectivity index (χ2n) is 9.50. The topological polar surface area (TPSA) is 34.4 Å². The van der Waals surface area contributed by atoms with Crippen molar-refractivity contribution in [2.75, 3.05) is 7.11 Å². The normalized spacial score (nSPS) is 31.9. The molecule has 3 nitrogen and oxygen atoms in total. The number of furan rings is 1. The summed E-state index contributed by atoms with van der Waals surface area (Å²) in [6, 6.07) is 10.4. The van der Waals surface area contributed by atoms with E-state index >= 15 is 0 Å². The van der Waals surface area contributed by atoms with Crippen LogP contribution < -0.4 is 10.1 Å². The maximum absolute atomic E-state index is 6.26. The van der Waals surface area contributed by atoms with Gasteiger partial charge in [-0.25, -0.2) is 0 Å². The van der Waals surface area contributed by atoms with Crippen LogP contribution in [0.1, 0.15) is 51.2 Å². The molecule has 0 aliphatic heterocycles. The molecule has 0 spiro atoms. The van der Waals surface area contributed by atoms with Gasteiger partial charge in [0.05, 0.1) is 18.7 Å². The molecule has 1 N–H and O–H groups in total. The molecule has 0 unspecified atom stereocenters. The SMILES string of the molecule is COc1ccc(-c2ccc(CN[C@H](C)C34CC5CC(CC(C5)C3)C4)o2)cc1Cl. The zero-order valence-corrected chi connectivity index (χ0v) is 17.6. The molecule has 0 radical (unpaired) electrons. The van der Waals surface area contributed by atoms with Crippen LogP contribution in [-0.4, -0.2) is 13.2 Å². The van der Waals surface area contributed by atoms with E-state index in [1.54, 1.807) is 7.11 Å². The fourth-order valence-electron chi connectivity index (χ4n) is 6.63. The van der Waals surface area contributed by atoms with Gasteiger partial charge >= 0.3 is 0 Å². The highest BCUT2D eigenvalue weighted by atomic mass is 35.5. The average molecular weight is 400 g/mol. The van der Waals surface area contributed by atoms with Gasteiger partial charge in [-0.3, -0.25) is 0 Å². The summed E-state index contributed by atoms with van der Waals surface area (Å²) in [7, 11) is 1.63. The zero-order chi connectivity index (χ0) is 19.3. The number of nitrogens with one attached hydrogen (secondary N) is 1. The van der Waals surface area contributed by atoms with Crippen LogP contribution in [0.2, 0.25) is 5.02 Å². The monoisotopic (exact) mass is 399 g/mol. The van der Waals surface area contributed by atoms with Gasteiger partial charge in [0.2, 0.25) is 0 Å². The highest BCUT2D eigenvalue weighted by Gasteiger charge is 2.52. The van der Waals surface area contributed by atoms with E-state index in [1.165, 1.54) is 38.5 Å². The minimum Gasteiger partial charge on any atom is -0.495 e. The molecule has 1 aromatic heterocycles. The van der Waals surface area contributed by atoms with Crippen LogP contribution in [0.5, 0.6) is 5.75 Å². The summed E-state index contributed by atoms with van der Waals surface area (Å²) in [5.41, 5.74) is 1.50. The lowest BCUT2D eigenvalue weighted by Crippen LogP contribution is -2.54. The molecule has 4 bridgehead atoms. The lowest BCUT2D eigenvalue weighted by atomic mass is 9.48. The Balaban J connectivity index is 1.25. The van der Waals surface area contributed by atoms with Crippen LogP contribution in [0.25, 0.3) is 11.3 Å². The van der Waals surface area contributed by atoms with Crippen LogP contribution in [0.15, 0.2) is 34.7 Å². The molecule has 1 heterocycles. The molecular formula is C24H30ClNO2. The fraction of sp³-hybridized carbons (Fsp3) is 0.583. The maximum atomic E-state index is 6.26. The second-order valence-corrected chi connectivity index (χ2v) is 9.91. The highest BCUT2D eigenvalue weighted by Crippen LogP contribution is 2.61. The molecule has 4 aliphatic carbocycles. The van der Waals surface area contributed by atoms with Crippen LogP contribution in [0.4, 0.5) is 0 Å². The van der Waals surface area contributed by atoms with Gasteiger partial charge in [-0.2, -0.15) is 0 Å². The standard InChI is InChI=1S/C24H30ClNO2/c1-15(24-11-16-7-17(12-24)9-18(8-16)13-24)26-14-20-4-6-22(28-20)19-3-5-23(27-2)21(25)10-19/h3-6,10,15-18,26H,7-9,11-14H2,1-2H3/t15-,16?,17?,18?,24?/m1/s1. The molecule has 4 aliphatic rings. The van der Waals surface area contributed by atoms with E-state index in [0.717, 1.165) is 41.4 Å². The fourth-order valence-corrected chi connectivity index (χ4v) is 6.88. The Morgan fingerprint density at radius 2 is 1.79 bits per heavy atom. The molecule has 4 saturated carbocycles. The first-order chi connectivity index (χ1) is 13.5. The first-order valence-electron chi connectivity index (χ1n) is 10.7. The Morgan fingerprint density at radius 3 is 2.39 bits per heavy atom. The largest absolute Gasteiger partial charge is 0.495 e. The van der Waals surface area contributed by atoms with Crippen molar-refractivity contribution in [2.45, 2.75) is 58.0 Å². The lowest BCUT2D eigenvalue weighted by molar-refractivity contribution is -0.0708. The number of hydrogen-bond acceptors (Lipinski definition) is 3. The summed E-state index contributed by atoms with van der Waals surface area (Å²) in [4.78, 5) is 0. The van der Waals surface area contributed by atoms with Gasteiger partial charge in [0.25, 0.3) is 0 Å². The highest BCUT2D eigenvalue weighted by molar-refractivity contribution is 6.32. The Labute approximate surface area is 172 Å². The third kappa shape index (κ3) is 3.27. The van der Waals surface area contributed by atoms with Crippen molar-refractivity contribution in [3.8, 4) is 17.1 Å². The summed E-state index contributed by atoms with van der Waals surface area (Å²) < 4.78 is 11.3. The predicted octanol–water partition coefficient (Wildman–Crippen LogP) is 6.30. The van der Waals surface area contributed by atoms with Crippen LogP contribution in [0, 0.1) is 23.2 Å². The van der Waals surface area contributed by atoms with E-state index in [2.05, 4.69) is 18.3 Å². The van der Waals surface area contributed by atoms with Crippen molar-refractivity contribution >= 4 is 11.6 Å². The number of methoxy groups -OCH3 is 1. The quantitative estimate of drug-likeness (QED) is 0.618. The minimum atomic E-state index is 0.522. The van der Waals surface area contributed by atoms with Gasteiger partial charge < -0.3 is 14.5 Å². The van der Waals surface area contributed by atoms with Crippen molar-refractivity contribution in [3.63, 3.8) is 0 Å². The predicted molar refractivity (Wildman–Crippen MR) is 113 cm³/mol. The third-order valence-corrected chi connectivity index (χ3v) is 7.98. The molecule has 28 heavy (non-hydrogen) atoms. The van der Waals surface area contributed by atoms with Gasteiger partial charge in [0, 0.05) is 11.6 Å². The average Bonchev–Trinajstić information content (AvgIpc) is 3.14.